The molecule has 0 radical (unpaired) electrons. The van der Waals surface area contributed by atoms with Gasteiger partial charge in [0.05, 0.1) is 56.1 Å². The van der Waals surface area contributed by atoms with Crippen LogP contribution in [0.5, 0.6) is 0 Å². The van der Waals surface area contributed by atoms with Crippen molar-refractivity contribution < 1.29 is 22.6 Å². The van der Waals surface area contributed by atoms with Crippen LogP contribution in [0.25, 0.3) is 0 Å². The number of hydrogen-bond acceptors (Lipinski definition) is 10. The van der Waals surface area contributed by atoms with Crippen LogP contribution >= 0.6 is 11.6 Å². The molecule has 12 nitrogen and oxygen atoms in total. The van der Waals surface area contributed by atoms with Gasteiger partial charge in [0.15, 0.2) is 5.82 Å². The predicted octanol–water partition coefficient (Wildman–Crippen LogP) is 0.651. The first kappa shape index (κ1) is 22.7. The van der Waals surface area contributed by atoms with Gasteiger partial charge in [-0.05, 0) is 13.3 Å². The van der Waals surface area contributed by atoms with Gasteiger partial charge in [0.1, 0.15) is 22.5 Å². The maximum atomic E-state index is 12.8. The maximum Gasteiger partial charge on any atom is 0.229 e. The third-order valence-corrected chi connectivity index (χ3v) is 8.11. The molecule has 2 aromatic rings. The SMILES string of the molecule is CC1CC(S(=O)(=O)N[C@H]2COC3C2OC[C@H]3Nc2nc(Nc3cnn(C)c3)ncc2Cl)CO1. The number of aryl methyl sites for hydroxylation is 1. The maximum absolute atomic E-state index is 12.8. The van der Waals surface area contributed by atoms with Crippen molar-refractivity contribution in [2.75, 3.05) is 30.5 Å². The number of ether oxygens (including phenoxy) is 3. The summed E-state index contributed by atoms with van der Waals surface area (Å²) in [4.78, 5) is 8.65. The Balaban J connectivity index is 1.23. The van der Waals surface area contributed by atoms with Gasteiger partial charge in [0.2, 0.25) is 16.0 Å². The number of nitrogens with zero attached hydrogens (tertiary/aromatic N) is 4. The monoisotopic (exact) mass is 499 g/mol. The van der Waals surface area contributed by atoms with Crippen LogP contribution in [-0.4, -0.2) is 83.6 Å². The van der Waals surface area contributed by atoms with Crippen LogP contribution in [0.1, 0.15) is 13.3 Å². The van der Waals surface area contributed by atoms with Gasteiger partial charge in [-0.25, -0.2) is 18.1 Å². The number of nitrogens with one attached hydrogen (secondary N) is 3. The summed E-state index contributed by atoms with van der Waals surface area (Å²) < 4.78 is 47.2. The summed E-state index contributed by atoms with van der Waals surface area (Å²) in [6.45, 7) is 2.62. The summed E-state index contributed by atoms with van der Waals surface area (Å²) in [7, 11) is -1.73. The molecule has 0 aliphatic carbocycles. The number of sulfonamides is 1. The first-order valence-corrected chi connectivity index (χ1v) is 12.6. The van der Waals surface area contributed by atoms with E-state index in [4.69, 9.17) is 25.8 Å². The highest BCUT2D eigenvalue weighted by molar-refractivity contribution is 7.90. The fourth-order valence-electron chi connectivity index (χ4n) is 4.34. The normalized spacial score (nSPS) is 31.6. The Hall–Kier alpha value is -2.03. The third kappa shape index (κ3) is 4.79. The minimum atomic E-state index is -3.54. The van der Waals surface area contributed by atoms with E-state index >= 15 is 0 Å². The summed E-state index contributed by atoms with van der Waals surface area (Å²) in [5.41, 5.74) is 0.742. The number of rotatable bonds is 7. The standard InChI is InChI=1S/C19H26ClN7O5S/c1-10-3-12(7-30-10)33(28,29)26-15-9-32-16-14(8-31-17(15)16)24-18-13(20)5-21-19(25-18)23-11-4-22-27(2)6-11/h4-6,10,12,14-17,26H,3,7-9H2,1-2H3,(H2,21,23,24,25)/t10?,12?,14-,15+,16?,17?/m1/s1. The molecule has 33 heavy (non-hydrogen) atoms. The summed E-state index contributed by atoms with van der Waals surface area (Å²) in [6, 6.07) is -0.718. The molecule has 3 fully saturated rings. The quantitative estimate of drug-likeness (QED) is 0.497. The molecule has 6 atom stereocenters. The Morgan fingerprint density at radius 2 is 1.88 bits per heavy atom. The zero-order valence-electron chi connectivity index (χ0n) is 18.1. The van der Waals surface area contributed by atoms with Crippen LogP contribution in [0.3, 0.4) is 0 Å². The molecule has 0 bridgehead atoms. The average molecular weight is 500 g/mol. The van der Waals surface area contributed by atoms with Crippen molar-refractivity contribution >= 4 is 39.1 Å². The van der Waals surface area contributed by atoms with Crippen molar-refractivity contribution in [3.8, 4) is 0 Å². The van der Waals surface area contributed by atoms with Crippen LogP contribution in [0.15, 0.2) is 18.6 Å². The van der Waals surface area contributed by atoms with Crippen LogP contribution in [-0.2, 0) is 31.3 Å². The molecule has 4 unspecified atom stereocenters. The minimum Gasteiger partial charge on any atom is -0.377 e. The molecule has 0 amide bonds. The van der Waals surface area contributed by atoms with Gasteiger partial charge in [-0.15, -0.1) is 0 Å². The molecule has 5 rings (SSSR count). The summed E-state index contributed by atoms with van der Waals surface area (Å²) in [5.74, 6) is 0.786. The molecule has 3 aliphatic heterocycles. The predicted molar refractivity (Wildman–Crippen MR) is 120 cm³/mol. The lowest BCUT2D eigenvalue weighted by Gasteiger charge is -2.20. The molecular formula is C19H26ClN7O5S. The average Bonchev–Trinajstić information content (AvgIpc) is 3.53. The summed E-state index contributed by atoms with van der Waals surface area (Å²) >= 11 is 6.31. The number of hydrogen-bond donors (Lipinski definition) is 3. The Bertz CT molecular complexity index is 1120. The van der Waals surface area contributed by atoms with Crippen molar-refractivity contribution in [2.45, 2.75) is 49.0 Å². The van der Waals surface area contributed by atoms with E-state index in [-0.39, 0.29) is 31.5 Å². The lowest BCUT2D eigenvalue weighted by Crippen LogP contribution is -2.48. The van der Waals surface area contributed by atoms with E-state index < -0.39 is 27.4 Å². The topological polar surface area (TPSA) is 142 Å². The van der Waals surface area contributed by atoms with Crippen molar-refractivity contribution in [3.63, 3.8) is 0 Å². The summed E-state index contributed by atoms with van der Waals surface area (Å²) in [6.07, 6.45) is 4.61. The first-order valence-electron chi connectivity index (χ1n) is 10.7. The Labute approximate surface area is 196 Å². The first-order chi connectivity index (χ1) is 15.8. The Kier molecular flexibility index (Phi) is 6.18. The molecule has 0 aromatic carbocycles. The highest BCUT2D eigenvalue weighted by Gasteiger charge is 2.50. The van der Waals surface area contributed by atoms with Crippen LogP contribution in [0, 0.1) is 0 Å². The second-order valence-corrected chi connectivity index (χ2v) is 10.9. The van der Waals surface area contributed by atoms with Gasteiger partial charge in [0.25, 0.3) is 0 Å². The van der Waals surface area contributed by atoms with E-state index in [1.165, 1.54) is 6.20 Å². The Morgan fingerprint density at radius 1 is 1.12 bits per heavy atom. The Morgan fingerprint density at radius 3 is 2.58 bits per heavy atom. The van der Waals surface area contributed by atoms with Crippen LogP contribution < -0.4 is 15.4 Å². The van der Waals surface area contributed by atoms with Gasteiger partial charge in [-0.3, -0.25) is 4.68 Å². The fourth-order valence-corrected chi connectivity index (χ4v) is 6.09. The van der Waals surface area contributed by atoms with E-state index in [0.717, 1.165) is 5.69 Å². The third-order valence-electron chi connectivity index (χ3n) is 6.00. The highest BCUT2D eigenvalue weighted by atomic mass is 35.5. The number of halogens is 1. The summed E-state index contributed by atoms with van der Waals surface area (Å²) in [5, 5.41) is 10.2. The molecular weight excluding hydrogens is 474 g/mol. The molecule has 0 spiro atoms. The molecule has 180 valence electrons. The largest absolute Gasteiger partial charge is 0.377 e. The molecule has 3 saturated heterocycles. The fraction of sp³-hybridized carbons (Fsp3) is 0.632. The van der Waals surface area contributed by atoms with E-state index in [2.05, 4.69) is 30.4 Å². The van der Waals surface area contributed by atoms with Crippen molar-refractivity contribution in [1.82, 2.24) is 24.5 Å². The van der Waals surface area contributed by atoms with Gasteiger partial charge in [0, 0.05) is 13.2 Å². The highest BCUT2D eigenvalue weighted by Crippen LogP contribution is 2.32. The molecule has 3 aliphatic rings. The minimum absolute atomic E-state index is 0.0643. The molecule has 5 heterocycles. The van der Waals surface area contributed by atoms with Gasteiger partial charge >= 0.3 is 0 Å². The van der Waals surface area contributed by atoms with E-state index in [1.54, 1.807) is 17.1 Å². The lowest BCUT2D eigenvalue weighted by atomic mass is 10.1. The number of fused-ring (bicyclic) bond motifs is 1. The smallest absolute Gasteiger partial charge is 0.229 e. The number of anilines is 3. The van der Waals surface area contributed by atoms with Gasteiger partial charge in [-0.2, -0.15) is 10.1 Å². The van der Waals surface area contributed by atoms with Crippen molar-refractivity contribution in [1.29, 1.82) is 0 Å². The lowest BCUT2D eigenvalue weighted by molar-refractivity contribution is 0.0690. The van der Waals surface area contributed by atoms with Crippen LogP contribution in [0.4, 0.5) is 17.5 Å². The molecule has 3 N–H and O–H groups in total. The second-order valence-electron chi connectivity index (χ2n) is 8.54. The van der Waals surface area contributed by atoms with Crippen LogP contribution in [0.2, 0.25) is 5.02 Å². The van der Waals surface area contributed by atoms with E-state index in [0.29, 0.717) is 29.8 Å². The second kappa shape index (κ2) is 8.96. The molecule has 0 saturated carbocycles. The molecule has 2 aromatic heterocycles. The number of aromatic nitrogens is 4. The van der Waals surface area contributed by atoms with Crippen molar-refractivity contribution in [3.05, 3.63) is 23.6 Å². The van der Waals surface area contributed by atoms with E-state index in [9.17, 15) is 8.42 Å². The van der Waals surface area contributed by atoms with Gasteiger partial charge in [-0.1, -0.05) is 11.6 Å². The van der Waals surface area contributed by atoms with E-state index in [1.807, 2.05) is 14.0 Å². The zero-order valence-corrected chi connectivity index (χ0v) is 19.7. The zero-order chi connectivity index (χ0) is 23.2. The molecule has 14 heteroatoms. The van der Waals surface area contributed by atoms with Gasteiger partial charge < -0.3 is 24.8 Å². The van der Waals surface area contributed by atoms with Crippen molar-refractivity contribution in [2.24, 2.45) is 7.05 Å².